The highest BCUT2D eigenvalue weighted by atomic mass is 35.5. The standard InChI is InChI=1S/C14H21ClN2O2/c1-4-17-11(13(15)10(2)16-17)9-12(18)14(3)7-5-6-8-19-14/h4-9H2,1-3H3. The summed E-state index contributed by atoms with van der Waals surface area (Å²) in [4.78, 5) is 12.5. The van der Waals surface area contributed by atoms with Crippen LogP contribution < -0.4 is 0 Å². The molecule has 106 valence electrons. The van der Waals surface area contributed by atoms with Crippen LogP contribution in [0.3, 0.4) is 0 Å². The lowest BCUT2D eigenvalue weighted by Gasteiger charge is -2.32. The molecule has 1 fully saturated rings. The lowest BCUT2D eigenvalue weighted by molar-refractivity contribution is -0.147. The second-order valence-corrected chi connectivity index (χ2v) is 5.68. The molecule has 1 saturated heterocycles. The normalized spacial score (nSPS) is 23.6. The average Bonchev–Trinajstić information content (AvgIpc) is 2.67. The van der Waals surface area contributed by atoms with E-state index in [9.17, 15) is 4.79 Å². The van der Waals surface area contributed by atoms with Gasteiger partial charge in [0.2, 0.25) is 0 Å². The molecule has 1 unspecified atom stereocenters. The molecule has 2 rings (SSSR count). The van der Waals surface area contributed by atoms with Crippen molar-refractivity contribution in [2.75, 3.05) is 6.61 Å². The maximum atomic E-state index is 12.5. The highest BCUT2D eigenvalue weighted by Crippen LogP contribution is 2.29. The first-order valence-corrected chi connectivity index (χ1v) is 7.25. The van der Waals surface area contributed by atoms with Crippen molar-refractivity contribution in [2.24, 2.45) is 0 Å². The first-order chi connectivity index (χ1) is 8.98. The molecular formula is C14H21ClN2O2. The van der Waals surface area contributed by atoms with E-state index >= 15 is 0 Å². The number of Topliss-reactive ketones (excluding diaryl/α,β-unsaturated/α-hetero) is 1. The SMILES string of the molecule is CCn1nc(C)c(Cl)c1CC(=O)C1(C)CCCCO1. The van der Waals surface area contributed by atoms with Crippen LogP contribution in [-0.2, 0) is 22.5 Å². The molecule has 0 N–H and O–H groups in total. The fourth-order valence-electron chi connectivity index (χ4n) is 2.53. The van der Waals surface area contributed by atoms with E-state index in [2.05, 4.69) is 5.10 Å². The third-order valence-electron chi connectivity index (χ3n) is 3.84. The van der Waals surface area contributed by atoms with Gasteiger partial charge in [0.25, 0.3) is 0 Å². The van der Waals surface area contributed by atoms with Gasteiger partial charge in [-0.15, -0.1) is 0 Å². The van der Waals surface area contributed by atoms with Gasteiger partial charge in [0, 0.05) is 13.2 Å². The first-order valence-electron chi connectivity index (χ1n) is 6.87. The Morgan fingerprint density at radius 3 is 2.84 bits per heavy atom. The molecular weight excluding hydrogens is 264 g/mol. The van der Waals surface area contributed by atoms with Gasteiger partial charge in [0.05, 0.1) is 22.8 Å². The molecule has 0 spiro atoms. The molecule has 1 aromatic rings. The van der Waals surface area contributed by atoms with Gasteiger partial charge in [-0.05, 0) is 40.0 Å². The summed E-state index contributed by atoms with van der Waals surface area (Å²) in [6, 6.07) is 0. The smallest absolute Gasteiger partial charge is 0.170 e. The fraction of sp³-hybridized carbons (Fsp3) is 0.714. The Morgan fingerprint density at radius 1 is 1.53 bits per heavy atom. The van der Waals surface area contributed by atoms with E-state index in [1.54, 1.807) is 0 Å². The van der Waals surface area contributed by atoms with E-state index in [-0.39, 0.29) is 5.78 Å². The molecule has 1 aliphatic heterocycles. The summed E-state index contributed by atoms with van der Waals surface area (Å²) in [5.41, 5.74) is 0.932. The van der Waals surface area contributed by atoms with Crippen molar-refractivity contribution in [1.29, 1.82) is 0 Å². The zero-order valence-corrected chi connectivity index (χ0v) is 12.6. The van der Waals surface area contributed by atoms with Crippen LogP contribution in [0.2, 0.25) is 5.02 Å². The van der Waals surface area contributed by atoms with Crippen LogP contribution in [0, 0.1) is 6.92 Å². The monoisotopic (exact) mass is 284 g/mol. The molecule has 0 bridgehead atoms. The number of ketones is 1. The van der Waals surface area contributed by atoms with Gasteiger partial charge in [-0.2, -0.15) is 5.10 Å². The molecule has 5 heteroatoms. The molecule has 1 atom stereocenters. The maximum Gasteiger partial charge on any atom is 0.170 e. The second-order valence-electron chi connectivity index (χ2n) is 5.30. The number of rotatable bonds is 4. The van der Waals surface area contributed by atoms with Gasteiger partial charge in [0.15, 0.2) is 5.78 Å². The average molecular weight is 285 g/mol. The van der Waals surface area contributed by atoms with Crippen LogP contribution in [0.4, 0.5) is 0 Å². The zero-order valence-electron chi connectivity index (χ0n) is 11.8. The molecule has 4 nitrogen and oxygen atoms in total. The Labute approximate surface area is 119 Å². The summed E-state index contributed by atoms with van der Waals surface area (Å²) in [7, 11) is 0. The number of hydrogen-bond acceptors (Lipinski definition) is 3. The van der Waals surface area contributed by atoms with Crippen molar-refractivity contribution in [2.45, 2.75) is 58.6 Å². The van der Waals surface area contributed by atoms with Crippen molar-refractivity contribution >= 4 is 17.4 Å². The number of carbonyl (C=O) groups excluding carboxylic acids is 1. The Morgan fingerprint density at radius 2 is 2.26 bits per heavy atom. The Bertz CT molecular complexity index is 476. The van der Waals surface area contributed by atoms with Gasteiger partial charge in [0.1, 0.15) is 5.60 Å². The van der Waals surface area contributed by atoms with Gasteiger partial charge < -0.3 is 4.74 Å². The number of aryl methyl sites for hydroxylation is 2. The Kier molecular flexibility index (Phi) is 4.31. The number of hydrogen-bond donors (Lipinski definition) is 0. The van der Waals surface area contributed by atoms with Crippen LogP contribution in [0.5, 0.6) is 0 Å². The molecule has 19 heavy (non-hydrogen) atoms. The lowest BCUT2D eigenvalue weighted by Crippen LogP contribution is -2.42. The van der Waals surface area contributed by atoms with Crippen molar-refractivity contribution < 1.29 is 9.53 Å². The first kappa shape index (κ1) is 14.5. The molecule has 0 aromatic carbocycles. The summed E-state index contributed by atoms with van der Waals surface area (Å²) in [6.07, 6.45) is 3.17. The van der Waals surface area contributed by atoms with Crippen molar-refractivity contribution in [3.05, 3.63) is 16.4 Å². The summed E-state index contributed by atoms with van der Waals surface area (Å²) < 4.78 is 7.50. The topological polar surface area (TPSA) is 44.1 Å². The fourth-order valence-corrected chi connectivity index (χ4v) is 2.73. The van der Waals surface area contributed by atoms with Gasteiger partial charge in [-0.1, -0.05) is 11.6 Å². The van der Waals surface area contributed by atoms with E-state index in [4.69, 9.17) is 16.3 Å². The molecule has 0 aliphatic carbocycles. The van der Waals surface area contributed by atoms with Gasteiger partial charge >= 0.3 is 0 Å². The minimum atomic E-state index is -0.654. The summed E-state index contributed by atoms with van der Waals surface area (Å²) in [5, 5.41) is 4.95. The molecule has 0 amide bonds. The molecule has 0 radical (unpaired) electrons. The molecule has 1 aromatic heterocycles. The van der Waals surface area contributed by atoms with Crippen molar-refractivity contribution in [3.63, 3.8) is 0 Å². The minimum absolute atomic E-state index is 0.101. The second kappa shape index (κ2) is 5.63. The van der Waals surface area contributed by atoms with Crippen LogP contribution in [0.1, 0.15) is 44.5 Å². The maximum absolute atomic E-state index is 12.5. The van der Waals surface area contributed by atoms with E-state index in [0.717, 1.165) is 30.7 Å². The van der Waals surface area contributed by atoms with E-state index in [1.165, 1.54) is 0 Å². The summed E-state index contributed by atoms with van der Waals surface area (Å²) in [6.45, 7) is 7.13. The van der Waals surface area contributed by atoms with Crippen LogP contribution in [-0.4, -0.2) is 27.8 Å². The number of aromatic nitrogens is 2. The highest BCUT2D eigenvalue weighted by Gasteiger charge is 2.36. The number of nitrogens with zero attached hydrogens (tertiary/aromatic N) is 2. The van der Waals surface area contributed by atoms with Gasteiger partial charge in [-0.3, -0.25) is 9.48 Å². The van der Waals surface area contributed by atoms with Crippen LogP contribution in [0.25, 0.3) is 0 Å². The van der Waals surface area contributed by atoms with Crippen LogP contribution >= 0.6 is 11.6 Å². The Balaban J connectivity index is 2.18. The molecule has 2 heterocycles. The van der Waals surface area contributed by atoms with Crippen LogP contribution in [0.15, 0.2) is 0 Å². The summed E-state index contributed by atoms with van der Waals surface area (Å²) >= 11 is 6.24. The number of ether oxygens (including phenoxy) is 1. The largest absolute Gasteiger partial charge is 0.367 e. The van der Waals surface area contributed by atoms with E-state index in [1.807, 2.05) is 25.5 Å². The minimum Gasteiger partial charge on any atom is -0.367 e. The third-order valence-corrected chi connectivity index (χ3v) is 4.33. The molecule has 0 saturated carbocycles. The predicted molar refractivity (Wildman–Crippen MR) is 74.6 cm³/mol. The lowest BCUT2D eigenvalue weighted by atomic mass is 9.89. The van der Waals surface area contributed by atoms with Crippen molar-refractivity contribution in [3.8, 4) is 0 Å². The number of halogens is 1. The highest BCUT2D eigenvalue weighted by molar-refractivity contribution is 6.32. The summed E-state index contributed by atoms with van der Waals surface area (Å²) in [5.74, 6) is 0.101. The zero-order chi connectivity index (χ0) is 14.0. The van der Waals surface area contributed by atoms with Crippen molar-refractivity contribution in [1.82, 2.24) is 9.78 Å². The predicted octanol–water partition coefficient (Wildman–Crippen LogP) is 2.94. The quantitative estimate of drug-likeness (QED) is 0.854. The van der Waals surface area contributed by atoms with E-state index in [0.29, 0.717) is 24.6 Å². The third kappa shape index (κ3) is 2.84. The van der Waals surface area contributed by atoms with Gasteiger partial charge in [-0.25, -0.2) is 0 Å². The molecule has 1 aliphatic rings. The Hall–Kier alpha value is -0.870. The number of carbonyl (C=O) groups is 1. The van der Waals surface area contributed by atoms with E-state index < -0.39 is 5.60 Å².